The predicted octanol–water partition coefficient (Wildman–Crippen LogP) is 2.55. The Morgan fingerprint density at radius 3 is 2.73 bits per heavy atom. The largest absolute Gasteiger partial charge is 0.397 e. The predicted molar refractivity (Wildman–Crippen MR) is 66.3 cm³/mol. The van der Waals surface area contributed by atoms with Crippen LogP contribution in [0.15, 0.2) is 21.7 Å². The van der Waals surface area contributed by atoms with E-state index in [-0.39, 0.29) is 5.41 Å². The van der Waals surface area contributed by atoms with E-state index in [2.05, 4.69) is 25.9 Å². The van der Waals surface area contributed by atoms with E-state index < -0.39 is 0 Å². The van der Waals surface area contributed by atoms with Gasteiger partial charge in [0, 0.05) is 18.7 Å². The first kappa shape index (κ1) is 10.6. The van der Waals surface area contributed by atoms with Gasteiger partial charge in [0.15, 0.2) is 0 Å². The third kappa shape index (κ3) is 1.78. The number of nitrogens with two attached hydrogens (primary N) is 1. The van der Waals surface area contributed by atoms with Gasteiger partial charge in [-0.1, -0.05) is 6.42 Å². The topological polar surface area (TPSA) is 51.3 Å². The fraction of sp³-hybridized carbons (Fsp3) is 0.455. The second-order valence-corrected chi connectivity index (χ2v) is 4.72. The van der Waals surface area contributed by atoms with Crippen molar-refractivity contribution in [2.24, 2.45) is 4.99 Å². The summed E-state index contributed by atoms with van der Waals surface area (Å²) in [6.07, 6.45) is 5.53. The van der Waals surface area contributed by atoms with Crippen LogP contribution in [0.1, 0.15) is 25.0 Å². The van der Waals surface area contributed by atoms with E-state index in [1.54, 1.807) is 0 Å². The van der Waals surface area contributed by atoms with Gasteiger partial charge < -0.3 is 5.73 Å². The van der Waals surface area contributed by atoms with Crippen LogP contribution in [0, 0.1) is 0 Å². The lowest BCUT2D eigenvalue weighted by molar-refractivity contribution is 0.339. The first-order valence-electron chi connectivity index (χ1n) is 5.04. The number of aliphatic imine (C=N–C) groups is 1. The Morgan fingerprint density at radius 1 is 1.53 bits per heavy atom. The standard InChI is InChI=1S/C11H14BrN3/c1-14-7-11(5-2-6-11)9-4-3-8(13)10(12)15-9/h3-4,7H,2,5-6,13H2,1H3. The molecule has 2 N–H and O–H groups in total. The Bertz CT molecular complexity index is 397. The third-order valence-electron chi connectivity index (χ3n) is 3.01. The Labute approximate surface area is 97.9 Å². The summed E-state index contributed by atoms with van der Waals surface area (Å²) in [7, 11) is 1.81. The maximum Gasteiger partial charge on any atom is 0.129 e. The fourth-order valence-corrected chi connectivity index (χ4v) is 2.30. The van der Waals surface area contributed by atoms with Gasteiger partial charge in [0.1, 0.15) is 4.60 Å². The Morgan fingerprint density at radius 2 is 2.27 bits per heavy atom. The summed E-state index contributed by atoms with van der Waals surface area (Å²) in [6, 6.07) is 3.90. The van der Waals surface area contributed by atoms with Gasteiger partial charge in [-0.2, -0.15) is 0 Å². The zero-order valence-corrected chi connectivity index (χ0v) is 10.3. The molecule has 0 atom stereocenters. The third-order valence-corrected chi connectivity index (χ3v) is 3.64. The van der Waals surface area contributed by atoms with Gasteiger partial charge in [-0.3, -0.25) is 4.99 Å². The highest BCUT2D eigenvalue weighted by molar-refractivity contribution is 9.10. The summed E-state index contributed by atoms with van der Waals surface area (Å²) in [6.45, 7) is 0. The van der Waals surface area contributed by atoms with Gasteiger partial charge in [0.05, 0.1) is 11.4 Å². The molecule has 1 aliphatic carbocycles. The normalized spacial score (nSPS) is 19.1. The molecule has 1 saturated carbocycles. The molecule has 0 unspecified atom stereocenters. The highest BCUT2D eigenvalue weighted by Crippen LogP contribution is 2.42. The van der Waals surface area contributed by atoms with Crippen molar-refractivity contribution in [1.29, 1.82) is 0 Å². The Balaban J connectivity index is 2.39. The average molecular weight is 268 g/mol. The molecule has 1 heterocycles. The number of halogens is 1. The monoisotopic (exact) mass is 267 g/mol. The van der Waals surface area contributed by atoms with Crippen LogP contribution in [0.4, 0.5) is 5.69 Å². The lowest BCUT2D eigenvalue weighted by Crippen LogP contribution is -2.36. The number of anilines is 1. The Hall–Kier alpha value is -0.900. The molecule has 0 spiro atoms. The van der Waals surface area contributed by atoms with Gasteiger partial charge in [-0.25, -0.2) is 4.98 Å². The molecular formula is C11H14BrN3. The van der Waals surface area contributed by atoms with E-state index in [0.29, 0.717) is 5.69 Å². The summed E-state index contributed by atoms with van der Waals surface area (Å²) in [4.78, 5) is 8.63. The van der Waals surface area contributed by atoms with Crippen molar-refractivity contribution in [2.45, 2.75) is 24.7 Å². The van der Waals surface area contributed by atoms with Crippen molar-refractivity contribution >= 4 is 27.8 Å². The van der Waals surface area contributed by atoms with E-state index in [0.717, 1.165) is 23.1 Å². The smallest absolute Gasteiger partial charge is 0.129 e. The minimum atomic E-state index is 0.0605. The fourth-order valence-electron chi connectivity index (χ4n) is 1.98. The van der Waals surface area contributed by atoms with E-state index in [4.69, 9.17) is 5.73 Å². The van der Waals surface area contributed by atoms with E-state index in [9.17, 15) is 0 Å². The molecule has 0 aromatic carbocycles. The van der Waals surface area contributed by atoms with Crippen LogP contribution in [0.5, 0.6) is 0 Å². The number of nitrogens with zero attached hydrogens (tertiary/aromatic N) is 2. The molecule has 3 nitrogen and oxygen atoms in total. The minimum absolute atomic E-state index is 0.0605. The van der Waals surface area contributed by atoms with Crippen LogP contribution < -0.4 is 5.73 Å². The second kappa shape index (κ2) is 3.93. The SMILES string of the molecule is CN=CC1(c2ccc(N)c(Br)n2)CCC1. The van der Waals surface area contributed by atoms with Crippen LogP contribution in [-0.2, 0) is 5.41 Å². The molecule has 0 bridgehead atoms. The molecular weight excluding hydrogens is 254 g/mol. The summed E-state index contributed by atoms with van der Waals surface area (Å²) in [5.74, 6) is 0. The highest BCUT2D eigenvalue weighted by Gasteiger charge is 2.38. The van der Waals surface area contributed by atoms with Gasteiger partial charge in [0.25, 0.3) is 0 Å². The van der Waals surface area contributed by atoms with E-state index >= 15 is 0 Å². The first-order valence-corrected chi connectivity index (χ1v) is 5.83. The molecule has 4 heteroatoms. The number of hydrogen-bond donors (Lipinski definition) is 1. The lowest BCUT2D eigenvalue weighted by Gasteiger charge is -2.38. The number of pyridine rings is 1. The maximum atomic E-state index is 5.72. The molecule has 0 saturated heterocycles. The molecule has 1 aliphatic rings. The number of rotatable bonds is 2. The minimum Gasteiger partial charge on any atom is -0.397 e. The highest BCUT2D eigenvalue weighted by atomic mass is 79.9. The van der Waals surface area contributed by atoms with Gasteiger partial charge in [-0.15, -0.1) is 0 Å². The van der Waals surface area contributed by atoms with Crippen molar-refractivity contribution in [3.05, 3.63) is 22.4 Å². The summed E-state index contributed by atoms with van der Waals surface area (Å²) in [5, 5.41) is 0. The zero-order chi connectivity index (χ0) is 10.9. The van der Waals surface area contributed by atoms with Crippen molar-refractivity contribution in [3.63, 3.8) is 0 Å². The van der Waals surface area contributed by atoms with Crippen molar-refractivity contribution in [2.75, 3.05) is 12.8 Å². The van der Waals surface area contributed by atoms with Crippen LogP contribution in [0.3, 0.4) is 0 Å². The quantitative estimate of drug-likeness (QED) is 0.662. The average Bonchev–Trinajstić information content (AvgIpc) is 2.16. The molecule has 2 rings (SSSR count). The summed E-state index contributed by atoms with van der Waals surface area (Å²) >= 11 is 3.36. The second-order valence-electron chi connectivity index (χ2n) is 3.97. The van der Waals surface area contributed by atoms with Crippen molar-refractivity contribution in [3.8, 4) is 0 Å². The molecule has 1 aromatic rings. The molecule has 80 valence electrons. The molecule has 1 fully saturated rings. The van der Waals surface area contributed by atoms with E-state index in [1.807, 2.05) is 25.4 Å². The Kier molecular flexibility index (Phi) is 2.78. The maximum absolute atomic E-state index is 5.72. The van der Waals surface area contributed by atoms with Crippen molar-refractivity contribution < 1.29 is 0 Å². The van der Waals surface area contributed by atoms with Crippen LogP contribution >= 0.6 is 15.9 Å². The zero-order valence-electron chi connectivity index (χ0n) is 8.70. The van der Waals surface area contributed by atoms with E-state index in [1.165, 1.54) is 6.42 Å². The first-order chi connectivity index (χ1) is 7.18. The number of aromatic nitrogens is 1. The molecule has 15 heavy (non-hydrogen) atoms. The molecule has 1 aromatic heterocycles. The van der Waals surface area contributed by atoms with Gasteiger partial charge in [-0.05, 0) is 40.9 Å². The molecule has 0 amide bonds. The van der Waals surface area contributed by atoms with Crippen LogP contribution in [0.25, 0.3) is 0 Å². The van der Waals surface area contributed by atoms with Crippen LogP contribution in [0.2, 0.25) is 0 Å². The summed E-state index contributed by atoms with van der Waals surface area (Å²) in [5.41, 5.74) is 7.53. The summed E-state index contributed by atoms with van der Waals surface area (Å²) < 4.78 is 0.732. The number of hydrogen-bond acceptors (Lipinski definition) is 3. The molecule has 0 radical (unpaired) electrons. The lowest BCUT2D eigenvalue weighted by atomic mass is 9.67. The number of nitrogen functional groups attached to an aromatic ring is 1. The van der Waals surface area contributed by atoms with Crippen molar-refractivity contribution in [1.82, 2.24) is 4.98 Å². The molecule has 0 aliphatic heterocycles. The van der Waals surface area contributed by atoms with Gasteiger partial charge in [0.2, 0.25) is 0 Å². The van der Waals surface area contributed by atoms with Gasteiger partial charge >= 0.3 is 0 Å². The van der Waals surface area contributed by atoms with Crippen LogP contribution in [-0.4, -0.2) is 18.2 Å².